The molecule has 0 heterocycles. The van der Waals surface area contributed by atoms with Crippen LogP contribution in [0.1, 0.15) is 26.7 Å². The lowest BCUT2D eigenvalue weighted by Crippen LogP contribution is -2.37. The van der Waals surface area contributed by atoms with Crippen molar-refractivity contribution in [1.82, 2.24) is 0 Å². The molecular formula is C14H22O4. The van der Waals surface area contributed by atoms with Crippen LogP contribution in [0.5, 0.6) is 0 Å². The van der Waals surface area contributed by atoms with Crippen LogP contribution in [0.25, 0.3) is 0 Å². The molecule has 0 fully saturated rings. The average molecular weight is 254 g/mol. The van der Waals surface area contributed by atoms with Gasteiger partial charge in [-0.2, -0.15) is 0 Å². The van der Waals surface area contributed by atoms with Gasteiger partial charge >= 0.3 is 0 Å². The van der Waals surface area contributed by atoms with Crippen molar-refractivity contribution in [2.45, 2.75) is 45.0 Å². The molecule has 0 spiro atoms. The van der Waals surface area contributed by atoms with Crippen molar-refractivity contribution in [3.63, 3.8) is 0 Å². The number of hydrogen-bond donors (Lipinski definition) is 0. The lowest BCUT2D eigenvalue weighted by molar-refractivity contribution is -0.105. The molecule has 0 aliphatic heterocycles. The Labute approximate surface area is 109 Å². The van der Waals surface area contributed by atoms with E-state index in [1.165, 1.54) is 0 Å². The summed E-state index contributed by atoms with van der Waals surface area (Å²) in [6.45, 7) is 4.17. The molecular weight excluding hydrogens is 232 g/mol. The van der Waals surface area contributed by atoms with Gasteiger partial charge in [0.15, 0.2) is 0 Å². The number of allylic oxidation sites excluding steroid dienone is 2. The quantitative estimate of drug-likeness (QED) is 0.654. The van der Waals surface area contributed by atoms with Crippen LogP contribution in [0, 0.1) is 0 Å². The zero-order valence-electron chi connectivity index (χ0n) is 11.5. The molecule has 2 unspecified atom stereocenters. The molecule has 1 aliphatic rings. The second-order valence-corrected chi connectivity index (χ2v) is 4.23. The van der Waals surface area contributed by atoms with Crippen molar-refractivity contribution < 1.29 is 19.0 Å². The van der Waals surface area contributed by atoms with Gasteiger partial charge in [0.05, 0.1) is 13.2 Å². The number of rotatable bonds is 7. The predicted molar refractivity (Wildman–Crippen MR) is 69.3 cm³/mol. The number of ether oxygens (including phenoxy) is 3. The second kappa shape index (κ2) is 7.34. The Bertz CT molecular complexity index is 329. The van der Waals surface area contributed by atoms with Crippen molar-refractivity contribution in [3.8, 4) is 0 Å². The standard InChI is InChI=1S/C14H22O4/c1-5-11(6-2)18-14-12(16-3)7-10(9-15)8-13(14)17-4/h7-9,11-12,14H,5-6H2,1-4H3. The Morgan fingerprint density at radius 1 is 1.33 bits per heavy atom. The Kier molecular flexibility index (Phi) is 6.09. The molecule has 1 aliphatic carbocycles. The second-order valence-electron chi connectivity index (χ2n) is 4.23. The summed E-state index contributed by atoms with van der Waals surface area (Å²) in [5.74, 6) is 0.637. The van der Waals surface area contributed by atoms with Crippen molar-refractivity contribution in [1.29, 1.82) is 0 Å². The zero-order chi connectivity index (χ0) is 13.5. The molecule has 0 aromatic rings. The van der Waals surface area contributed by atoms with E-state index in [4.69, 9.17) is 14.2 Å². The fraction of sp³-hybridized carbons (Fsp3) is 0.643. The Balaban J connectivity index is 2.90. The normalized spacial score (nSPS) is 23.6. The van der Waals surface area contributed by atoms with Crippen LogP contribution in [0.4, 0.5) is 0 Å². The molecule has 2 atom stereocenters. The SMILES string of the molecule is CCC(CC)OC1C(OC)=CC(C=O)=CC1OC. The predicted octanol–water partition coefficient (Wildman–Crippen LogP) is 2.24. The van der Waals surface area contributed by atoms with Gasteiger partial charge in [0, 0.05) is 12.7 Å². The first-order chi connectivity index (χ1) is 8.69. The highest BCUT2D eigenvalue weighted by Gasteiger charge is 2.31. The minimum absolute atomic E-state index is 0.164. The van der Waals surface area contributed by atoms with E-state index < -0.39 is 0 Å². The molecule has 18 heavy (non-hydrogen) atoms. The molecule has 0 saturated carbocycles. The van der Waals surface area contributed by atoms with Crippen molar-refractivity contribution in [3.05, 3.63) is 23.5 Å². The third kappa shape index (κ3) is 3.43. The first-order valence-corrected chi connectivity index (χ1v) is 6.30. The molecule has 0 saturated heterocycles. The minimum Gasteiger partial charge on any atom is -0.498 e. The maximum Gasteiger partial charge on any atom is 0.149 e. The molecule has 1 rings (SSSR count). The topological polar surface area (TPSA) is 44.8 Å². The van der Waals surface area contributed by atoms with E-state index in [1.807, 2.05) is 0 Å². The van der Waals surface area contributed by atoms with Gasteiger partial charge in [-0.05, 0) is 25.0 Å². The fourth-order valence-corrected chi connectivity index (χ4v) is 2.01. The van der Waals surface area contributed by atoms with Crippen LogP contribution in [-0.2, 0) is 19.0 Å². The van der Waals surface area contributed by atoms with Gasteiger partial charge in [-0.25, -0.2) is 0 Å². The van der Waals surface area contributed by atoms with Gasteiger partial charge in [-0.3, -0.25) is 4.79 Å². The van der Waals surface area contributed by atoms with E-state index in [0.29, 0.717) is 11.3 Å². The van der Waals surface area contributed by atoms with E-state index >= 15 is 0 Å². The first-order valence-electron chi connectivity index (χ1n) is 6.30. The van der Waals surface area contributed by atoms with E-state index in [-0.39, 0.29) is 18.3 Å². The van der Waals surface area contributed by atoms with Gasteiger partial charge in [0.2, 0.25) is 0 Å². The van der Waals surface area contributed by atoms with Crippen LogP contribution in [0.15, 0.2) is 23.5 Å². The summed E-state index contributed by atoms with van der Waals surface area (Å²) >= 11 is 0. The van der Waals surface area contributed by atoms with Crippen LogP contribution in [0.2, 0.25) is 0 Å². The van der Waals surface area contributed by atoms with Crippen LogP contribution in [0.3, 0.4) is 0 Å². The first kappa shape index (κ1) is 14.9. The number of hydrogen-bond acceptors (Lipinski definition) is 4. The highest BCUT2D eigenvalue weighted by Crippen LogP contribution is 2.25. The summed E-state index contributed by atoms with van der Waals surface area (Å²) < 4.78 is 16.7. The average Bonchev–Trinajstić information content (AvgIpc) is 2.43. The maximum absolute atomic E-state index is 10.9. The maximum atomic E-state index is 10.9. The number of carbonyl (C=O) groups excluding carboxylic acids is 1. The smallest absolute Gasteiger partial charge is 0.149 e. The van der Waals surface area contributed by atoms with Gasteiger partial charge in [0.1, 0.15) is 24.3 Å². The Hall–Kier alpha value is -1.13. The summed E-state index contributed by atoms with van der Waals surface area (Å²) in [7, 11) is 3.18. The van der Waals surface area contributed by atoms with E-state index in [9.17, 15) is 4.79 Å². The molecule has 0 aromatic carbocycles. The molecule has 4 nitrogen and oxygen atoms in total. The van der Waals surface area contributed by atoms with E-state index in [0.717, 1.165) is 19.1 Å². The molecule has 0 radical (unpaired) electrons. The molecule has 0 amide bonds. The number of carbonyl (C=O) groups is 1. The number of methoxy groups -OCH3 is 2. The minimum atomic E-state index is -0.286. The monoisotopic (exact) mass is 254 g/mol. The third-order valence-corrected chi connectivity index (χ3v) is 3.14. The zero-order valence-corrected chi connectivity index (χ0v) is 11.5. The molecule has 102 valence electrons. The summed E-state index contributed by atoms with van der Waals surface area (Å²) in [6, 6.07) is 0. The lowest BCUT2D eigenvalue weighted by Gasteiger charge is -2.31. The van der Waals surface area contributed by atoms with Gasteiger partial charge in [-0.1, -0.05) is 13.8 Å². The van der Waals surface area contributed by atoms with Gasteiger partial charge < -0.3 is 14.2 Å². The molecule has 0 bridgehead atoms. The molecule has 0 N–H and O–H groups in total. The van der Waals surface area contributed by atoms with Crippen molar-refractivity contribution in [2.75, 3.05) is 14.2 Å². The molecule has 4 heteroatoms. The lowest BCUT2D eigenvalue weighted by atomic mass is 10.0. The van der Waals surface area contributed by atoms with Crippen LogP contribution >= 0.6 is 0 Å². The third-order valence-electron chi connectivity index (χ3n) is 3.14. The van der Waals surface area contributed by atoms with Crippen LogP contribution < -0.4 is 0 Å². The summed E-state index contributed by atoms with van der Waals surface area (Å²) in [5, 5.41) is 0. The fourth-order valence-electron chi connectivity index (χ4n) is 2.01. The largest absolute Gasteiger partial charge is 0.498 e. The van der Waals surface area contributed by atoms with Gasteiger partial charge in [-0.15, -0.1) is 0 Å². The summed E-state index contributed by atoms with van der Waals surface area (Å²) in [6.07, 6.45) is 5.73. The van der Waals surface area contributed by atoms with Crippen molar-refractivity contribution >= 4 is 6.29 Å². The molecule has 0 aromatic heterocycles. The van der Waals surface area contributed by atoms with Crippen molar-refractivity contribution in [2.24, 2.45) is 0 Å². The van der Waals surface area contributed by atoms with Crippen LogP contribution in [-0.4, -0.2) is 38.8 Å². The highest BCUT2D eigenvalue weighted by atomic mass is 16.6. The van der Waals surface area contributed by atoms with E-state index in [2.05, 4.69) is 13.8 Å². The number of aldehydes is 1. The highest BCUT2D eigenvalue weighted by molar-refractivity contribution is 5.78. The van der Waals surface area contributed by atoms with Gasteiger partial charge in [0.25, 0.3) is 0 Å². The Morgan fingerprint density at radius 2 is 2.00 bits per heavy atom. The summed E-state index contributed by atoms with van der Waals surface area (Å²) in [5.41, 5.74) is 0.558. The Morgan fingerprint density at radius 3 is 2.44 bits per heavy atom. The van der Waals surface area contributed by atoms with E-state index in [1.54, 1.807) is 26.4 Å². The summed E-state index contributed by atoms with van der Waals surface area (Å²) in [4.78, 5) is 10.9.